The Morgan fingerprint density at radius 1 is 1.39 bits per heavy atom. The van der Waals surface area contributed by atoms with Gasteiger partial charge < -0.3 is 20.7 Å². The molecule has 1 rings (SSSR count). The van der Waals surface area contributed by atoms with Gasteiger partial charge in [-0.2, -0.15) is 0 Å². The van der Waals surface area contributed by atoms with E-state index in [1.807, 2.05) is 13.8 Å². The highest BCUT2D eigenvalue weighted by atomic mass is 35.5. The average molecular weight is 280 g/mol. The van der Waals surface area contributed by atoms with Gasteiger partial charge in [0.2, 0.25) is 11.8 Å². The van der Waals surface area contributed by atoms with Crippen LogP contribution in [0, 0.1) is 0 Å². The van der Waals surface area contributed by atoms with Gasteiger partial charge in [-0.3, -0.25) is 9.59 Å². The van der Waals surface area contributed by atoms with Gasteiger partial charge in [0.15, 0.2) is 0 Å². The summed E-state index contributed by atoms with van der Waals surface area (Å²) in [5.74, 6) is -0.325. The molecule has 1 aliphatic heterocycles. The van der Waals surface area contributed by atoms with E-state index >= 15 is 0 Å². The molecular formula is C11H22ClN3O3. The highest BCUT2D eigenvalue weighted by Gasteiger charge is 2.17. The normalized spacial score (nSPS) is 18.9. The minimum Gasteiger partial charge on any atom is -0.375 e. The highest BCUT2D eigenvalue weighted by molar-refractivity contribution is 5.85. The number of rotatable bonds is 5. The van der Waals surface area contributed by atoms with Crippen LogP contribution in [0.3, 0.4) is 0 Å². The second-order valence-electron chi connectivity index (χ2n) is 4.40. The fraction of sp³-hybridized carbons (Fsp3) is 0.818. The maximum absolute atomic E-state index is 11.5. The Morgan fingerprint density at radius 2 is 2.11 bits per heavy atom. The summed E-state index contributed by atoms with van der Waals surface area (Å²) in [6.07, 6.45) is 0.207. The Morgan fingerprint density at radius 3 is 2.67 bits per heavy atom. The van der Waals surface area contributed by atoms with E-state index in [1.54, 1.807) is 0 Å². The van der Waals surface area contributed by atoms with Crippen molar-refractivity contribution in [2.24, 2.45) is 0 Å². The Balaban J connectivity index is 0.00000289. The zero-order chi connectivity index (χ0) is 12.7. The lowest BCUT2D eigenvalue weighted by molar-refractivity contribution is -0.128. The fourth-order valence-corrected chi connectivity index (χ4v) is 1.58. The van der Waals surface area contributed by atoms with Gasteiger partial charge in [-0.25, -0.2) is 0 Å². The first-order valence-corrected chi connectivity index (χ1v) is 5.96. The molecule has 6 nitrogen and oxygen atoms in total. The topological polar surface area (TPSA) is 79.5 Å². The standard InChI is InChI=1S/C11H21N3O3.ClH/c1-8(2)14-11(16)7-13-10(15)5-9-6-12-3-4-17-9;/h8-9,12H,3-7H2,1-2H3,(H,13,15)(H,14,16);1H. The summed E-state index contributed by atoms with van der Waals surface area (Å²) in [5.41, 5.74) is 0. The van der Waals surface area contributed by atoms with E-state index in [1.165, 1.54) is 0 Å². The van der Waals surface area contributed by atoms with Crippen LogP contribution < -0.4 is 16.0 Å². The number of ether oxygens (including phenoxy) is 1. The molecule has 1 heterocycles. The zero-order valence-corrected chi connectivity index (χ0v) is 11.6. The summed E-state index contributed by atoms with van der Waals surface area (Å²) in [7, 11) is 0. The second-order valence-corrected chi connectivity index (χ2v) is 4.40. The first-order chi connectivity index (χ1) is 8.08. The molecule has 1 aliphatic rings. The van der Waals surface area contributed by atoms with E-state index < -0.39 is 0 Å². The molecule has 0 saturated carbocycles. The van der Waals surface area contributed by atoms with E-state index in [0.29, 0.717) is 19.6 Å². The molecule has 0 aliphatic carbocycles. The van der Waals surface area contributed by atoms with Crippen molar-refractivity contribution in [1.82, 2.24) is 16.0 Å². The SMILES string of the molecule is CC(C)NC(=O)CNC(=O)CC1CNCCO1.Cl. The number of carbonyl (C=O) groups excluding carboxylic acids is 2. The van der Waals surface area contributed by atoms with Gasteiger partial charge in [0.25, 0.3) is 0 Å². The van der Waals surface area contributed by atoms with Crippen molar-refractivity contribution < 1.29 is 14.3 Å². The zero-order valence-electron chi connectivity index (χ0n) is 10.8. The lowest BCUT2D eigenvalue weighted by Crippen LogP contribution is -2.44. The minimum atomic E-state index is -0.170. The molecule has 0 spiro atoms. The van der Waals surface area contributed by atoms with E-state index in [-0.39, 0.29) is 42.9 Å². The summed E-state index contributed by atoms with van der Waals surface area (Å²) in [6, 6.07) is 0.0882. The monoisotopic (exact) mass is 279 g/mol. The van der Waals surface area contributed by atoms with Crippen LogP contribution in [0.1, 0.15) is 20.3 Å². The van der Waals surface area contributed by atoms with Gasteiger partial charge in [-0.15, -0.1) is 12.4 Å². The molecule has 0 aromatic rings. The summed E-state index contributed by atoms with van der Waals surface area (Å²) in [6.45, 7) is 5.92. The molecule has 7 heteroatoms. The molecule has 1 fully saturated rings. The number of halogens is 1. The smallest absolute Gasteiger partial charge is 0.239 e. The van der Waals surface area contributed by atoms with Crippen LogP contribution in [0.2, 0.25) is 0 Å². The van der Waals surface area contributed by atoms with Crippen molar-refractivity contribution in [3.63, 3.8) is 0 Å². The van der Waals surface area contributed by atoms with Gasteiger partial charge in [-0.05, 0) is 13.8 Å². The second kappa shape index (κ2) is 9.13. The van der Waals surface area contributed by atoms with Gasteiger partial charge in [0.05, 0.1) is 25.7 Å². The lowest BCUT2D eigenvalue weighted by Gasteiger charge is -2.23. The van der Waals surface area contributed by atoms with Crippen LogP contribution in [-0.2, 0) is 14.3 Å². The third-order valence-electron chi connectivity index (χ3n) is 2.31. The van der Waals surface area contributed by atoms with Gasteiger partial charge in [-0.1, -0.05) is 0 Å². The minimum absolute atomic E-state index is 0. The molecule has 1 atom stereocenters. The Labute approximate surface area is 114 Å². The van der Waals surface area contributed by atoms with Crippen molar-refractivity contribution in [2.45, 2.75) is 32.4 Å². The lowest BCUT2D eigenvalue weighted by atomic mass is 10.2. The average Bonchev–Trinajstić information content (AvgIpc) is 2.27. The third-order valence-corrected chi connectivity index (χ3v) is 2.31. The summed E-state index contributed by atoms with van der Waals surface area (Å²) in [5, 5.41) is 8.43. The van der Waals surface area contributed by atoms with Crippen molar-refractivity contribution in [1.29, 1.82) is 0 Å². The van der Waals surface area contributed by atoms with E-state index in [4.69, 9.17) is 4.74 Å². The van der Waals surface area contributed by atoms with Crippen molar-refractivity contribution in [3.05, 3.63) is 0 Å². The maximum atomic E-state index is 11.5. The van der Waals surface area contributed by atoms with Crippen LogP contribution in [0.5, 0.6) is 0 Å². The van der Waals surface area contributed by atoms with Crippen LogP contribution in [-0.4, -0.2) is 50.2 Å². The van der Waals surface area contributed by atoms with Crippen molar-refractivity contribution in [3.8, 4) is 0 Å². The molecule has 0 radical (unpaired) electrons. The molecule has 1 unspecified atom stereocenters. The quantitative estimate of drug-likeness (QED) is 0.630. The molecule has 18 heavy (non-hydrogen) atoms. The molecule has 2 amide bonds. The number of carbonyl (C=O) groups is 2. The summed E-state index contributed by atoms with van der Waals surface area (Å²) in [4.78, 5) is 22.8. The Hall–Kier alpha value is -0.850. The third kappa shape index (κ3) is 7.47. The van der Waals surface area contributed by atoms with Crippen LogP contribution in [0.25, 0.3) is 0 Å². The maximum Gasteiger partial charge on any atom is 0.239 e. The Bertz CT molecular complexity index is 268. The van der Waals surface area contributed by atoms with Gasteiger partial charge in [0.1, 0.15) is 0 Å². The molecule has 0 bridgehead atoms. The molecule has 0 aromatic heterocycles. The first kappa shape index (κ1) is 17.2. The van der Waals surface area contributed by atoms with E-state index in [2.05, 4.69) is 16.0 Å². The van der Waals surface area contributed by atoms with Gasteiger partial charge >= 0.3 is 0 Å². The van der Waals surface area contributed by atoms with Gasteiger partial charge in [0, 0.05) is 19.1 Å². The first-order valence-electron chi connectivity index (χ1n) is 5.96. The summed E-state index contributed by atoms with van der Waals surface area (Å²) >= 11 is 0. The highest BCUT2D eigenvalue weighted by Crippen LogP contribution is 2.00. The van der Waals surface area contributed by atoms with Crippen LogP contribution >= 0.6 is 12.4 Å². The predicted molar refractivity (Wildman–Crippen MR) is 70.8 cm³/mol. The predicted octanol–water partition coefficient (Wildman–Crippen LogP) is -0.572. The Kier molecular flexibility index (Phi) is 8.70. The van der Waals surface area contributed by atoms with E-state index in [9.17, 15) is 9.59 Å². The van der Waals surface area contributed by atoms with E-state index in [0.717, 1.165) is 6.54 Å². The fourth-order valence-electron chi connectivity index (χ4n) is 1.58. The number of hydrogen-bond donors (Lipinski definition) is 3. The largest absolute Gasteiger partial charge is 0.375 e. The number of amides is 2. The van der Waals surface area contributed by atoms with Crippen molar-refractivity contribution >= 4 is 24.2 Å². The summed E-state index contributed by atoms with van der Waals surface area (Å²) < 4.78 is 5.40. The molecule has 106 valence electrons. The number of morpholine rings is 1. The van der Waals surface area contributed by atoms with Crippen molar-refractivity contribution in [2.75, 3.05) is 26.2 Å². The number of nitrogens with one attached hydrogen (secondary N) is 3. The number of hydrogen-bond acceptors (Lipinski definition) is 4. The molecule has 1 saturated heterocycles. The molecular weight excluding hydrogens is 258 g/mol. The molecule has 3 N–H and O–H groups in total. The van der Waals surface area contributed by atoms with Crippen LogP contribution in [0.15, 0.2) is 0 Å². The molecule has 0 aromatic carbocycles. The van der Waals surface area contributed by atoms with Crippen LogP contribution in [0.4, 0.5) is 0 Å².